The number of nitrogens with zero attached hydrogens (tertiary/aromatic N) is 3. The number of halogens is 3. The molecule has 128 valence electrons. The Kier molecular flexibility index (Phi) is 3.80. The minimum absolute atomic E-state index is 0.135. The van der Waals surface area contributed by atoms with Gasteiger partial charge in [-0.05, 0) is 17.7 Å². The van der Waals surface area contributed by atoms with E-state index in [4.69, 9.17) is 0 Å². The van der Waals surface area contributed by atoms with E-state index < -0.39 is 11.7 Å². The third-order valence-electron chi connectivity index (χ3n) is 4.40. The van der Waals surface area contributed by atoms with Gasteiger partial charge in [0.2, 0.25) is 0 Å². The molecule has 2 heterocycles. The average molecular weight is 344 g/mol. The van der Waals surface area contributed by atoms with Gasteiger partial charge in [0.15, 0.2) is 0 Å². The SMILES string of the molecule is FC(F)(F)c1ccc(-c2nnn3c2CN[C@@H](c2ccccc2)C3)cc1. The Morgan fingerprint density at radius 2 is 1.72 bits per heavy atom. The van der Waals surface area contributed by atoms with Crippen LogP contribution in [0.3, 0.4) is 0 Å². The van der Waals surface area contributed by atoms with Gasteiger partial charge in [-0.3, -0.25) is 0 Å². The Morgan fingerprint density at radius 1 is 1.00 bits per heavy atom. The summed E-state index contributed by atoms with van der Waals surface area (Å²) in [6.07, 6.45) is -4.34. The highest BCUT2D eigenvalue weighted by Gasteiger charge is 2.30. The zero-order valence-corrected chi connectivity index (χ0v) is 13.2. The first kappa shape index (κ1) is 15.8. The average Bonchev–Trinajstić information content (AvgIpc) is 3.05. The fraction of sp³-hybridized carbons (Fsp3) is 0.222. The number of nitrogens with one attached hydrogen (secondary N) is 1. The molecule has 4 rings (SSSR count). The molecule has 3 aromatic rings. The second-order valence-electron chi connectivity index (χ2n) is 5.99. The minimum Gasteiger partial charge on any atom is -0.303 e. The highest BCUT2D eigenvalue weighted by Crippen LogP contribution is 2.32. The van der Waals surface area contributed by atoms with Gasteiger partial charge in [0, 0.05) is 12.1 Å². The van der Waals surface area contributed by atoms with Crippen LogP contribution in [-0.2, 0) is 19.3 Å². The second kappa shape index (κ2) is 6.00. The molecule has 0 fully saturated rings. The molecule has 1 atom stereocenters. The summed E-state index contributed by atoms with van der Waals surface area (Å²) in [7, 11) is 0. The van der Waals surface area contributed by atoms with E-state index in [9.17, 15) is 13.2 Å². The number of hydrogen-bond donors (Lipinski definition) is 1. The summed E-state index contributed by atoms with van der Waals surface area (Å²) in [5.74, 6) is 0. The molecule has 2 aromatic carbocycles. The third-order valence-corrected chi connectivity index (χ3v) is 4.40. The van der Waals surface area contributed by atoms with Gasteiger partial charge < -0.3 is 5.32 Å². The summed E-state index contributed by atoms with van der Waals surface area (Å²) in [5.41, 5.74) is 2.63. The van der Waals surface area contributed by atoms with Gasteiger partial charge in [0.25, 0.3) is 0 Å². The molecule has 0 bridgehead atoms. The molecule has 1 N–H and O–H groups in total. The number of aromatic nitrogens is 3. The molecule has 0 saturated heterocycles. The number of hydrogen-bond acceptors (Lipinski definition) is 3. The number of alkyl halides is 3. The predicted octanol–water partition coefficient (Wildman–Crippen LogP) is 3.81. The van der Waals surface area contributed by atoms with Crippen LogP contribution in [0, 0.1) is 0 Å². The molecule has 0 spiro atoms. The zero-order chi connectivity index (χ0) is 17.4. The van der Waals surface area contributed by atoms with E-state index in [1.165, 1.54) is 17.7 Å². The lowest BCUT2D eigenvalue weighted by Crippen LogP contribution is -2.32. The lowest BCUT2D eigenvalue weighted by Gasteiger charge is -2.25. The summed E-state index contributed by atoms with van der Waals surface area (Å²) in [4.78, 5) is 0. The second-order valence-corrected chi connectivity index (χ2v) is 5.99. The maximum absolute atomic E-state index is 12.7. The first-order valence-electron chi connectivity index (χ1n) is 7.91. The molecule has 0 unspecified atom stereocenters. The van der Waals surface area contributed by atoms with Crippen LogP contribution in [-0.4, -0.2) is 15.0 Å². The van der Waals surface area contributed by atoms with Gasteiger partial charge in [0.1, 0.15) is 5.69 Å². The topological polar surface area (TPSA) is 42.7 Å². The highest BCUT2D eigenvalue weighted by atomic mass is 19.4. The molecular weight excluding hydrogens is 329 g/mol. The van der Waals surface area contributed by atoms with Crippen LogP contribution < -0.4 is 5.32 Å². The summed E-state index contributed by atoms with van der Waals surface area (Å²) in [5, 5.41) is 11.8. The fourth-order valence-electron chi connectivity index (χ4n) is 3.06. The van der Waals surface area contributed by atoms with Crippen LogP contribution in [0.5, 0.6) is 0 Å². The first-order valence-corrected chi connectivity index (χ1v) is 7.91. The standard InChI is InChI=1S/C18H15F3N4/c19-18(20,21)14-8-6-13(7-9-14)17-16-10-22-15(11-25(16)24-23-17)12-4-2-1-3-5-12/h1-9,15,22H,10-11H2/t15-/m1/s1. The van der Waals surface area contributed by atoms with Crippen LogP contribution in [0.25, 0.3) is 11.3 Å². The Hall–Kier alpha value is -2.67. The van der Waals surface area contributed by atoms with Crippen LogP contribution in [0.4, 0.5) is 13.2 Å². The van der Waals surface area contributed by atoms with Crippen LogP contribution in [0.15, 0.2) is 54.6 Å². The molecule has 1 aliphatic heterocycles. The van der Waals surface area contributed by atoms with Gasteiger partial charge >= 0.3 is 6.18 Å². The molecule has 1 aromatic heterocycles. The highest BCUT2D eigenvalue weighted by molar-refractivity contribution is 5.62. The van der Waals surface area contributed by atoms with Gasteiger partial charge in [-0.15, -0.1) is 5.10 Å². The molecule has 0 radical (unpaired) electrons. The molecule has 25 heavy (non-hydrogen) atoms. The number of rotatable bonds is 2. The largest absolute Gasteiger partial charge is 0.416 e. The molecule has 0 amide bonds. The van der Waals surface area contributed by atoms with E-state index in [1.807, 2.05) is 22.9 Å². The van der Waals surface area contributed by atoms with Gasteiger partial charge in [-0.2, -0.15) is 13.2 Å². The summed E-state index contributed by atoms with van der Waals surface area (Å²) in [6, 6.07) is 15.2. The molecular formula is C18H15F3N4. The molecule has 7 heteroatoms. The van der Waals surface area contributed by atoms with Crippen molar-refractivity contribution in [3.05, 3.63) is 71.4 Å². The number of fused-ring (bicyclic) bond motifs is 1. The van der Waals surface area contributed by atoms with Crippen molar-refractivity contribution in [2.45, 2.75) is 25.3 Å². The van der Waals surface area contributed by atoms with E-state index >= 15 is 0 Å². The van der Waals surface area contributed by atoms with Gasteiger partial charge in [0.05, 0.1) is 23.8 Å². The Balaban J connectivity index is 1.60. The normalized spacial score (nSPS) is 17.3. The summed E-state index contributed by atoms with van der Waals surface area (Å²) in [6.45, 7) is 1.19. The smallest absolute Gasteiger partial charge is 0.303 e. The number of benzene rings is 2. The van der Waals surface area contributed by atoms with Gasteiger partial charge in [-0.25, -0.2) is 4.68 Å². The van der Waals surface area contributed by atoms with Crippen LogP contribution in [0.2, 0.25) is 0 Å². The minimum atomic E-state index is -4.34. The Bertz CT molecular complexity index is 870. The molecule has 1 aliphatic rings. The van der Waals surface area contributed by atoms with Crippen molar-refractivity contribution in [2.24, 2.45) is 0 Å². The van der Waals surface area contributed by atoms with E-state index in [-0.39, 0.29) is 6.04 Å². The molecule has 4 nitrogen and oxygen atoms in total. The quantitative estimate of drug-likeness (QED) is 0.769. The maximum atomic E-state index is 12.7. The van der Waals surface area contributed by atoms with Crippen molar-refractivity contribution >= 4 is 0 Å². The Morgan fingerprint density at radius 3 is 2.40 bits per heavy atom. The van der Waals surface area contributed by atoms with Crippen molar-refractivity contribution in [2.75, 3.05) is 0 Å². The van der Waals surface area contributed by atoms with Crippen molar-refractivity contribution in [1.29, 1.82) is 0 Å². The summed E-state index contributed by atoms with van der Waals surface area (Å²) >= 11 is 0. The van der Waals surface area contributed by atoms with Crippen molar-refractivity contribution in [1.82, 2.24) is 20.3 Å². The fourth-order valence-corrected chi connectivity index (χ4v) is 3.06. The zero-order valence-electron chi connectivity index (χ0n) is 13.2. The monoisotopic (exact) mass is 344 g/mol. The van der Waals surface area contributed by atoms with E-state index in [2.05, 4.69) is 27.8 Å². The third kappa shape index (κ3) is 3.02. The van der Waals surface area contributed by atoms with E-state index in [1.54, 1.807) is 0 Å². The predicted molar refractivity (Wildman–Crippen MR) is 86.5 cm³/mol. The van der Waals surface area contributed by atoms with E-state index in [0.717, 1.165) is 17.8 Å². The molecule has 0 aliphatic carbocycles. The van der Waals surface area contributed by atoms with Crippen LogP contribution in [0.1, 0.15) is 22.9 Å². The first-order chi connectivity index (χ1) is 12.0. The lowest BCUT2D eigenvalue weighted by atomic mass is 10.0. The van der Waals surface area contributed by atoms with Crippen molar-refractivity contribution in [3.63, 3.8) is 0 Å². The van der Waals surface area contributed by atoms with Crippen molar-refractivity contribution in [3.8, 4) is 11.3 Å². The molecule has 0 saturated carbocycles. The van der Waals surface area contributed by atoms with Crippen molar-refractivity contribution < 1.29 is 13.2 Å². The lowest BCUT2D eigenvalue weighted by molar-refractivity contribution is -0.137. The Labute approximate surface area is 142 Å². The van der Waals surface area contributed by atoms with Crippen LogP contribution >= 0.6 is 0 Å². The maximum Gasteiger partial charge on any atom is 0.416 e. The summed E-state index contributed by atoms with van der Waals surface area (Å²) < 4.78 is 39.9. The van der Waals surface area contributed by atoms with Gasteiger partial charge in [-0.1, -0.05) is 47.7 Å². The van der Waals surface area contributed by atoms with E-state index in [0.29, 0.717) is 24.3 Å².